The summed E-state index contributed by atoms with van der Waals surface area (Å²) in [5, 5.41) is 1.05. The molecule has 0 radical (unpaired) electrons. The van der Waals surface area contributed by atoms with E-state index in [4.69, 9.17) is 5.84 Å². The summed E-state index contributed by atoms with van der Waals surface area (Å²) >= 11 is 1.48. The van der Waals surface area contributed by atoms with E-state index in [-0.39, 0.29) is 5.91 Å². The molecule has 0 atom stereocenters. The molecule has 0 aliphatic carbocycles. The molecule has 0 spiro atoms. The molecule has 20 heavy (non-hydrogen) atoms. The number of nitrogens with zero attached hydrogens (tertiary/aromatic N) is 2. The first-order valence-electron chi connectivity index (χ1n) is 7.46. The lowest BCUT2D eigenvalue weighted by Crippen LogP contribution is -2.30. The highest BCUT2D eigenvalue weighted by Crippen LogP contribution is 2.20. The van der Waals surface area contributed by atoms with Gasteiger partial charge in [-0.1, -0.05) is 19.8 Å². The van der Waals surface area contributed by atoms with E-state index >= 15 is 0 Å². The van der Waals surface area contributed by atoms with Crippen LogP contribution in [-0.2, 0) is 12.8 Å². The molecule has 6 heteroatoms. The molecule has 1 aromatic heterocycles. The van der Waals surface area contributed by atoms with Crippen LogP contribution in [-0.4, -0.2) is 35.4 Å². The van der Waals surface area contributed by atoms with Crippen LogP contribution in [0, 0.1) is 0 Å². The minimum absolute atomic E-state index is 0.222. The number of nitrogens with one attached hydrogen (secondary N) is 1. The van der Waals surface area contributed by atoms with Crippen molar-refractivity contribution in [2.24, 2.45) is 5.84 Å². The van der Waals surface area contributed by atoms with Crippen molar-refractivity contribution < 1.29 is 4.79 Å². The molecule has 0 bridgehead atoms. The van der Waals surface area contributed by atoms with Gasteiger partial charge in [-0.2, -0.15) is 0 Å². The third-order valence-corrected chi connectivity index (χ3v) is 4.91. The topological polar surface area (TPSA) is 71.2 Å². The lowest BCUT2D eigenvalue weighted by Gasteiger charge is -2.18. The van der Waals surface area contributed by atoms with Gasteiger partial charge in [0.15, 0.2) is 0 Å². The number of hydrazine groups is 1. The zero-order valence-electron chi connectivity index (χ0n) is 12.2. The largest absolute Gasteiger partial charge is 0.303 e. The molecule has 2 heterocycles. The van der Waals surface area contributed by atoms with Gasteiger partial charge in [0.2, 0.25) is 0 Å². The highest BCUT2D eigenvalue weighted by atomic mass is 32.1. The fourth-order valence-corrected chi connectivity index (χ4v) is 3.65. The van der Waals surface area contributed by atoms with Gasteiger partial charge in [0, 0.05) is 13.0 Å². The Labute approximate surface area is 124 Å². The molecule has 5 nitrogen and oxygen atoms in total. The predicted octanol–water partition coefficient (Wildman–Crippen LogP) is 1.73. The van der Waals surface area contributed by atoms with Crippen LogP contribution in [0.2, 0.25) is 0 Å². The van der Waals surface area contributed by atoms with Gasteiger partial charge in [-0.15, -0.1) is 11.3 Å². The molecule has 2 rings (SSSR count). The molecule has 1 fully saturated rings. The third kappa shape index (κ3) is 4.01. The Kier molecular flexibility index (Phi) is 5.94. The zero-order chi connectivity index (χ0) is 14.4. The van der Waals surface area contributed by atoms with Crippen molar-refractivity contribution in [3.05, 3.63) is 15.6 Å². The first kappa shape index (κ1) is 15.4. The van der Waals surface area contributed by atoms with Crippen LogP contribution >= 0.6 is 11.3 Å². The highest BCUT2D eigenvalue weighted by Gasteiger charge is 2.17. The zero-order valence-corrected chi connectivity index (χ0v) is 13.0. The number of thiazole rings is 1. The van der Waals surface area contributed by atoms with E-state index in [0.717, 1.165) is 30.1 Å². The van der Waals surface area contributed by atoms with Gasteiger partial charge in [-0.25, -0.2) is 10.8 Å². The number of rotatable bonds is 5. The normalized spacial score (nSPS) is 16.9. The third-order valence-electron chi connectivity index (χ3n) is 3.75. The molecule has 0 unspecified atom stereocenters. The molecule has 1 aliphatic heterocycles. The Hall–Kier alpha value is -0.980. The maximum absolute atomic E-state index is 11.7. The maximum Gasteiger partial charge on any atom is 0.277 e. The lowest BCUT2D eigenvalue weighted by atomic mass is 10.2. The van der Waals surface area contributed by atoms with Crippen LogP contribution in [0.5, 0.6) is 0 Å². The second-order valence-electron chi connectivity index (χ2n) is 5.22. The molecule has 1 amide bonds. The summed E-state index contributed by atoms with van der Waals surface area (Å²) in [4.78, 5) is 19.4. The van der Waals surface area contributed by atoms with Crippen molar-refractivity contribution >= 4 is 17.2 Å². The number of hydrogen-bond donors (Lipinski definition) is 2. The Morgan fingerprint density at radius 2 is 2.05 bits per heavy atom. The average molecular weight is 296 g/mol. The second kappa shape index (κ2) is 7.71. The van der Waals surface area contributed by atoms with Crippen molar-refractivity contribution in [3.8, 4) is 0 Å². The van der Waals surface area contributed by atoms with Gasteiger partial charge in [0.1, 0.15) is 4.88 Å². The first-order chi connectivity index (χ1) is 9.74. The van der Waals surface area contributed by atoms with Gasteiger partial charge in [0.25, 0.3) is 5.91 Å². The van der Waals surface area contributed by atoms with E-state index in [1.54, 1.807) is 0 Å². The van der Waals surface area contributed by atoms with Gasteiger partial charge < -0.3 is 4.90 Å². The Morgan fingerprint density at radius 3 is 2.65 bits per heavy atom. The van der Waals surface area contributed by atoms with Crippen LogP contribution in [0.15, 0.2) is 0 Å². The second-order valence-corrected chi connectivity index (χ2v) is 6.30. The molecule has 112 valence electrons. The number of amides is 1. The summed E-state index contributed by atoms with van der Waals surface area (Å²) in [6.07, 6.45) is 7.01. The van der Waals surface area contributed by atoms with E-state index in [9.17, 15) is 4.79 Å². The molecule has 1 saturated heterocycles. The molecule has 0 aromatic carbocycles. The Morgan fingerprint density at radius 1 is 1.35 bits per heavy atom. The Balaban J connectivity index is 1.95. The average Bonchev–Trinajstić information content (AvgIpc) is 2.71. The van der Waals surface area contributed by atoms with Crippen molar-refractivity contribution in [2.45, 2.75) is 45.4 Å². The van der Waals surface area contributed by atoms with Crippen LogP contribution in [0.3, 0.4) is 0 Å². The predicted molar refractivity (Wildman–Crippen MR) is 81.8 cm³/mol. The number of hydrogen-bond acceptors (Lipinski definition) is 5. The number of aryl methyl sites for hydroxylation is 1. The number of carbonyl (C=O) groups is 1. The molecule has 1 aliphatic rings. The van der Waals surface area contributed by atoms with E-state index < -0.39 is 0 Å². The first-order valence-corrected chi connectivity index (χ1v) is 8.28. The van der Waals surface area contributed by atoms with Crippen molar-refractivity contribution in [2.75, 3.05) is 19.6 Å². The minimum atomic E-state index is -0.222. The fraction of sp³-hybridized carbons (Fsp3) is 0.714. The van der Waals surface area contributed by atoms with E-state index in [1.165, 1.54) is 50.1 Å². The number of carbonyl (C=O) groups excluding carboxylic acids is 1. The number of likely N-dealkylation sites (tertiary alicyclic amines) is 1. The lowest BCUT2D eigenvalue weighted by molar-refractivity contribution is 0.0956. The van der Waals surface area contributed by atoms with E-state index in [0.29, 0.717) is 4.88 Å². The summed E-state index contributed by atoms with van der Waals surface area (Å²) in [5.41, 5.74) is 3.07. The standard InChI is InChI=1S/C14H24N4OS/c1-2-11-13(14(19)17-15)20-12(16-11)7-10-18-8-5-3-4-6-9-18/h2-10,15H2,1H3,(H,17,19). The highest BCUT2D eigenvalue weighted by molar-refractivity contribution is 7.13. The quantitative estimate of drug-likeness (QED) is 0.493. The summed E-state index contributed by atoms with van der Waals surface area (Å²) in [7, 11) is 0. The molecule has 3 N–H and O–H groups in total. The van der Waals surface area contributed by atoms with Crippen molar-refractivity contribution in [3.63, 3.8) is 0 Å². The molecular weight excluding hydrogens is 272 g/mol. The van der Waals surface area contributed by atoms with Gasteiger partial charge in [-0.05, 0) is 32.4 Å². The van der Waals surface area contributed by atoms with Crippen LogP contribution < -0.4 is 11.3 Å². The van der Waals surface area contributed by atoms with Gasteiger partial charge >= 0.3 is 0 Å². The van der Waals surface area contributed by atoms with Gasteiger partial charge in [0.05, 0.1) is 10.7 Å². The Bertz CT molecular complexity index is 438. The summed E-state index contributed by atoms with van der Waals surface area (Å²) in [5.74, 6) is 4.99. The fourth-order valence-electron chi connectivity index (χ4n) is 2.60. The van der Waals surface area contributed by atoms with Crippen LogP contribution in [0.4, 0.5) is 0 Å². The van der Waals surface area contributed by atoms with Crippen molar-refractivity contribution in [1.82, 2.24) is 15.3 Å². The molecule has 0 saturated carbocycles. The van der Waals surface area contributed by atoms with E-state index in [1.807, 2.05) is 6.92 Å². The van der Waals surface area contributed by atoms with Crippen molar-refractivity contribution in [1.29, 1.82) is 0 Å². The summed E-state index contributed by atoms with van der Waals surface area (Å²) in [6, 6.07) is 0. The minimum Gasteiger partial charge on any atom is -0.303 e. The molecular formula is C14H24N4OS. The van der Waals surface area contributed by atoms with E-state index in [2.05, 4.69) is 15.3 Å². The van der Waals surface area contributed by atoms with Gasteiger partial charge in [-0.3, -0.25) is 10.2 Å². The summed E-state index contributed by atoms with van der Waals surface area (Å²) in [6.45, 7) is 5.45. The number of aromatic nitrogens is 1. The number of nitrogen functional groups attached to an aromatic ring is 1. The SMILES string of the molecule is CCc1nc(CCN2CCCCCC2)sc1C(=O)NN. The molecule has 1 aromatic rings. The number of nitrogens with two attached hydrogens (primary N) is 1. The maximum atomic E-state index is 11.7. The van der Waals surface area contributed by atoms with Crippen LogP contribution in [0.1, 0.15) is 53.0 Å². The smallest absolute Gasteiger partial charge is 0.277 e. The summed E-state index contributed by atoms with van der Waals surface area (Å²) < 4.78 is 0. The monoisotopic (exact) mass is 296 g/mol. The van der Waals surface area contributed by atoms with Crippen LogP contribution in [0.25, 0.3) is 0 Å².